The third-order valence-electron chi connectivity index (χ3n) is 1.30. The summed E-state index contributed by atoms with van der Waals surface area (Å²) in [5.74, 6) is -0.0754. The Labute approximate surface area is 89.2 Å². The molecule has 0 aliphatic rings. The Morgan fingerprint density at radius 2 is 2.46 bits per heavy atom. The van der Waals surface area contributed by atoms with Crippen molar-refractivity contribution in [2.75, 3.05) is 5.75 Å². The summed E-state index contributed by atoms with van der Waals surface area (Å²) in [5, 5.41) is 0.796. The van der Waals surface area contributed by atoms with Gasteiger partial charge in [0.15, 0.2) is 0 Å². The highest BCUT2D eigenvalue weighted by molar-refractivity contribution is 9.10. The van der Waals surface area contributed by atoms with Gasteiger partial charge in [-0.2, -0.15) is 0 Å². The molecule has 0 aliphatic carbocycles. The molecule has 3 nitrogen and oxygen atoms in total. The van der Waals surface area contributed by atoms with Crippen molar-refractivity contribution in [2.45, 2.75) is 11.9 Å². The van der Waals surface area contributed by atoms with Gasteiger partial charge in [0, 0.05) is 6.20 Å². The maximum absolute atomic E-state index is 10.5. The molecular formula is C8H9BrN2OS. The SMILES string of the molecule is Cc1cnc(SCC(N)=O)c(Br)c1. The molecular weight excluding hydrogens is 252 g/mol. The summed E-state index contributed by atoms with van der Waals surface area (Å²) in [6.45, 7) is 1.96. The van der Waals surface area contributed by atoms with Crippen LogP contribution in [0.1, 0.15) is 5.56 Å². The van der Waals surface area contributed by atoms with Gasteiger partial charge in [-0.05, 0) is 34.5 Å². The molecule has 2 N–H and O–H groups in total. The van der Waals surface area contributed by atoms with Crippen LogP contribution in [-0.4, -0.2) is 16.6 Å². The molecule has 1 amide bonds. The van der Waals surface area contributed by atoms with Crippen molar-refractivity contribution in [2.24, 2.45) is 5.73 Å². The zero-order chi connectivity index (χ0) is 9.84. The number of pyridine rings is 1. The maximum Gasteiger partial charge on any atom is 0.227 e. The number of nitrogens with two attached hydrogens (primary N) is 1. The van der Waals surface area contributed by atoms with E-state index < -0.39 is 0 Å². The van der Waals surface area contributed by atoms with Gasteiger partial charge in [-0.1, -0.05) is 11.8 Å². The zero-order valence-electron chi connectivity index (χ0n) is 7.08. The van der Waals surface area contributed by atoms with Gasteiger partial charge in [0.1, 0.15) is 5.03 Å². The first-order valence-corrected chi connectivity index (χ1v) is 5.40. The molecule has 0 unspecified atom stereocenters. The minimum atomic E-state index is -0.334. The smallest absolute Gasteiger partial charge is 0.227 e. The Kier molecular flexibility index (Phi) is 3.74. The van der Waals surface area contributed by atoms with E-state index in [0.717, 1.165) is 15.1 Å². The number of primary amides is 1. The monoisotopic (exact) mass is 260 g/mol. The molecule has 0 fully saturated rings. The van der Waals surface area contributed by atoms with Crippen LogP contribution in [0.2, 0.25) is 0 Å². The molecule has 1 rings (SSSR count). The lowest BCUT2D eigenvalue weighted by Crippen LogP contribution is -2.13. The van der Waals surface area contributed by atoms with Gasteiger partial charge >= 0.3 is 0 Å². The van der Waals surface area contributed by atoms with Gasteiger partial charge in [0.2, 0.25) is 5.91 Å². The number of hydrogen-bond donors (Lipinski definition) is 1. The summed E-state index contributed by atoms with van der Waals surface area (Å²) in [4.78, 5) is 14.7. The van der Waals surface area contributed by atoms with Crippen LogP contribution in [0, 0.1) is 6.92 Å². The minimum absolute atomic E-state index is 0.259. The van der Waals surface area contributed by atoms with Crippen molar-refractivity contribution in [1.82, 2.24) is 4.98 Å². The Bertz CT molecular complexity index is 330. The molecule has 1 heterocycles. The summed E-state index contributed by atoms with van der Waals surface area (Å²) in [6.07, 6.45) is 1.76. The normalized spacial score (nSPS) is 10.0. The highest BCUT2D eigenvalue weighted by Gasteiger charge is 2.03. The Balaban J connectivity index is 2.72. The molecule has 0 spiro atoms. The number of nitrogens with zero attached hydrogens (tertiary/aromatic N) is 1. The van der Waals surface area contributed by atoms with Crippen molar-refractivity contribution in [3.05, 3.63) is 22.3 Å². The van der Waals surface area contributed by atoms with E-state index in [2.05, 4.69) is 20.9 Å². The topological polar surface area (TPSA) is 56.0 Å². The average molecular weight is 261 g/mol. The second kappa shape index (κ2) is 4.62. The summed E-state index contributed by atoms with van der Waals surface area (Å²) in [7, 11) is 0. The van der Waals surface area contributed by atoms with Crippen LogP contribution in [0.15, 0.2) is 21.8 Å². The number of amides is 1. The predicted molar refractivity (Wildman–Crippen MR) is 56.6 cm³/mol. The standard InChI is InChI=1S/C8H9BrN2OS/c1-5-2-6(9)8(11-3-5)13-4-7(10)12/h2-3H,4H2,1H3,(H2,10,12). The first kappa shape index (κ1) is 10.5. The maximum atomic E-state index is 10.5. The summed E-state index contributed by atoms with van der Waals surface area (Å²) < 4.78 is 0.902. The predicted octanol–water partition coefficient (Wildman–Crippen LogP) is 1.73. The Hall–Kier alpha value is -0.550. The van der Waals surface area contributed by atoms with Crippen molar-refractivity contribution in [1.29, 1.82) is 0 Å². The molecule has 0 radical (unpaired) electrons. The van der Waals surface area contributed by atoms with Crippen LogP contribution in [-0.2, 0) is 4.79 Å². The Morgan fingerprint density at radius 3 is 3.00 bits per heavy atom. The first-order chi connectivity index (χ1) is 6.09. The van der Waals surface area contributed by atoms with E-state index >= 15 is 0 Å². The fourth-order valence-corrected chi connectivity index (χ4v) is 2.18. The van der Waals surface area contributed by atoms with Crippen LogP contribution in [0.25, 0.3) is 0 Å². The lowest BCUT2D eigenvalue weighted by Gasteiger charge is -2.01. The van der Waals surface area contributed by atoms with Crippen LogP contribution >= 0.6 is 27.7 Å². The van der Waals surface area contributed by atoms with Crippen molar-refractivity contribution in [3.63, 3.8) is 0 Å². The quantitative estimate of drug-likeness (QED) is 0.843. The number of rotatable bonds is 3. The van der Waals surface area contributed by atoms with Crippen molar-refractivity contribution >= 4 is 33.6 Å². The van der Waals surface area contributed by atoms with Crippen molar-refractivity contribution < 1.29 is 4.79 Å². The van der Waals surface area contributed by atoms with E-state index in [1.807, 2.05) is 13.0 Å². The molecule has 0 aliphatic heterocycles. The number of hydrogen-bond acceptors (Lipinski definition) is 3. The van der Waals surface area contributed by atoms with Crippen LogP contribution in [0.4, 0.5) is 0 Å². The van der Waals surface area contributed by atoms with E-state index in [1.165, 1.54) is 11.8 Å². The van der Waals surface area contributed by atoms with E-state index in [0.29, 0.717) is 0 Å². The highest BCUT2D eigenvalue weighted by Crippen LogP contribution is 2.25. The minimum Gasteiger partial charge on any atom is -0.369 e. The second-order valence-electron chi connectivity index (χ2n) is 2.55. The molecule has 0 saturated heterocycles. The van der Waals surface area contributed by atoms with Crippen molar-refractivity contribution in [3.8, 4) is 0 Å². The zero-order valence-corrected chi connectivity index (χ0v) is 9.48. The molecule has 5 heteroatoms. The molecule has 1 aromatic heterocycles. The fourth-order valence-electron chi connectivity index (χ4n) is 0.767. The molecule has 13 heavy (non-hydrogen) atoms. The summed E-state index contributed by atoms with van der Waals surface area (Å²) >= 11 is 4.69. The fraction of sp³-hybridized carbons (Fsp3) is 0.250. The van der Waals surface area contributed by atoms with Gasteiger partial charge in [-0.25, -0.2) is 4.98 Å². The largest absolute Gasteiger partial charge is 0.369 e. The molecule has 0 atom stereocenters. The molecule has 0 aromatic carbocycles. The van der Waals surface area contributed by atoms with E-state index in [-0.39, 0.29) is 11.7 Å². The van der Waals surface area contributed by atoms with E-state index in [1.54, 1.807) is 6.20 Å². The molecule has 0 bridgehead atoms. The number of carbonyl (C=O) groups excluding carboxylic acids is 1. The number of aromatic nitrogens is 1. The average Bonchev–Trinajstić information content (AvgIpc) is 2.02. The third kappa shape index (κ3) is 3.36. The van der Waals surface area contributed by atoms with Gasteiger partial charge in [0.05, 0.1) is 10.2 Å². The van der Waals surface area contributed by atoms with Gasteiger partial charge in [0.25, 0.3) is 0 Å². The number of thioether (sulfide) groups is 1. The van der Waals surface area contributed by atoms with Gasteiger partial charge in [-0.15, -0.1) is 0 Å². The van der Waals surface area contributed by atoms with Gasteiger partial charge in [-0.3, -0.25) is 4.79 Å². The van der Waals surface area contributed by atoms with Crippen LogP contribution < -0.4 is 5.73 Å². The second-order valence-corrected chi connectivity index (χ2v) is 4.37. The Morgan fingerprint density at radius 1 is 1.77 bits per heavy atom. The lowest BCUT2D eigenvalue weighted by molar-refractivity contribution is -0.115. The third-order valence-corrected chi connectivity index (χ3v) is 3.19. The molecule has 70 valence electrons. The van der Waals surface area contributed by atoms with E-state index in [9.17, 15) is 4.79 Å². The summed E-state index contributed by atoms with van der Waals surface area (Å²) in [6, 6.07) is 1.95. The first-order valence-electron chi connectivity index (χ1n) is 3.63. The number of halogens is 1. The summed E-state index contributed by atoms with van der Waals surface area (Å²) in [5.41, 5.74) is 6.10. The van der Waals surface area contributed by atoms with Crippen LogP contribution in [0.5, 0.6) is 0 Å². The van der Waals surface area contributed by atoms with E-state index in [4.69, 9.17) is 5.73 Å². The van der Waals surface area contributed by atoms with Crippen LogP contribution in [0.3, 0.4) is 0 Å². The molecule has 0 saturated carbocycles. The lowest BCUT2D eigenvalue weighted by atomic mass is 10.3. The molecule has 1 aromatic rings. The number of aryl methyl sites for hydroxylation is 1. The number of carbonyl (C=O) groups is 1. The van der Waals surface area contributed by atoms with Gasteiger partial charge < -0.3 is 5.73 Å². The highest BCUT2D eigenvalue weighted by atomic mass is 79.9.